The second kappa shape index (κ2) is 6.15. The molecule has 2 nitrogen and oxygen atoms in total. The van der Waals surface area contributed by atoms with E-state index in [9.17, 15) is 30.7 Å². The van der Waals surface area contributed by atoms with Crippen LogP contribution in [0.1, 0.15) is 11.3 Å². The molecule has 0 amide bonds. The van der Waals surface area contributed by atoms with Crippen LogP contribution in [0.4, 0.5) is 30.7 Å². The molecular formula is C17H9F7N2. The fraction of sp³-hybridized carbons (Fsp3) is 0.118. The van der Waals surface area contributed by atoms with Gasteiger partial charge in [-0.1, -0.05) is 30.3 Å². The summed E-state index contributed by atoms with van der Waals surface area (Å²) >= 11 is 0. The summed E-state index contributed by atoms with van der Waals surface area (Å²) < 4.78 is 93.7. The SMILES string of the molecule is Fc1c(-c2cccc(C(F)(F)F)c2)c(C(F)(F)F)nn1-c1ccccc1. The van der Waals surface area contributed by atoms with E-state index in [-0.39, 0.29) is 5.69 Å². The van der Waals surface area contributed by atoms with Crippen molar-refractivity contribution in [3.63, 3.8) is 0 Å². The van der Waals surface area contributed by atoms with E-state index in [1.807, 2.05) is 0 Å². The summed E-state index contributed by atoms with van der Waals surface area (Å²) in [7, 11) is 0. The third-order valence-corrected chi connectivity index (χ3v) is 3.58. The molecule has 3 rings (SSSR count). The minimum Gasteiger partial charge on any atom is -0.206 e. The fourth-order valence-corrected chi connectivity index (χ4v) is 2.44. The lowest BCUT2D eigenvalue weighted by molar-refractivity contribution is -0.140. The second-order valence-electron chi connectivity index (χ2n) is 5.34. The number of aromatic nitrogens is 2. The largest absolute Gasteiger partial charge is 0.435 e. The van der Waals surface area contributed by atoms with E-state index in [0.29, 0.717) is 16.8 Å². The monoisotopic (exact) mass is 374 g/mol. The minimum absolute atomic E-state index is 0.00808. The Kier molecular flexibility index (Phi) is 4.25. The van der Waals surface area contributed by atoms with E-state index in [2.05, 4.69) is 5.10 Å². The van der Waals surface area contributed by atoms with Crippen molar-refractivity contribution in [1.29, 1.82) is 0 Å². The van der Waals surface area contributed by atoms with E-state index in [0.717, 1.165) is 12.1 Å². The molecule has 136 valence electrons. The normalized spacial score (nSPS) is 12.4. The van der Waals surface area contributed by atoms with Gasteiger partial charge in [-0.15, -0.1) is 0 Å². The molecule has 0 aliphatic rings. The van der Waals surface area contributed by atoms with Crippen molar-refractivity contribution >= 4 is 0 Å². The average Bonchev–Trinajstić information content (AvgIpc) is 2.93. The van der Waals surface area contributed by atoms with Crippen LogP contribution in [0.25, 0.3) is 16.8 Å². The number of halogens is 7. The van der Waals surface area contributed by atoms with E-state index in [4.69, 9.17) is 0 Å². The van der Waals surface area contributed by atoms with Crippen molar-refractivity contribution in [3.8, 4) is 16.8 Å². The first kappa shape index (κ1) is 18.0. The third-order valence-electron chi connectivity index (χ3n) is 3.58. The molecule has 0 N–H and O–H groups in total. The molecule has 0 aliphatic heterocycles. The van der Waals surface area contributed by atoms with Crippen LogP contribution in [0.5, 0.6) is 0 Å². The Balaban J connectivity index is 2.26. The van der Waals surface area contributed by atoms with Gasteiger partial charge < -0.3 is 0 Å². The summed E-state index contributed by atoms with van der Waals surface area (Å²) in [6, 6.07) is 10.2. The zero-order valence-corrected chi connectivity index (χ0v) is 12.7. The molecule has 0 bridgehead atoms. The second-order valence-corrected chi connectivity index (χ2v) is 5.34. The Morgan fingerprint density at radius 3 is 2.00 bits per heavy atom. The Morgan fingerprint density at radius 2 is 1.42 bits per heavy atom. The molecule has 26 heavy (non-hydrogen) atoms. The van der Waals surface area contributed by atoms with E-state index < -0.39 is 40.7 Å². The van der Waals surface area contributed by atoms with Gasteiger partial charge in [-0.25, -0.2) is 4.68 Å². The van der Waals surface area contributed by atoms with E-state index >= 15 is 0 Å². The van der Waals surface area contributed by atoms with Crippen LogP contribution in [-0.4, -0.2) is 9.78 Å². The number of nitrogens with zero attached hydrogens (tertiary/aromatic N) is 2. The van der Waals surface area contributed by atoms with Crippen LogP contribution in [0.3, 0.4) is 0 Å². The molecule has 2 aromatic carbocycles. The van der Waals surface area contributed by atoms with Gasteiger partial charge in [0.25, 0.3) is 0 Å². The highest BCUT2D eigenvalue weighted by Crippen LogP contribution is 2.40. The van der Waals surface area contributed by atoms with Crippen molar-refractivity contribution in [2.24, 2.45) is 0 Å². The van der Waals surface area contributed by atoms with Gasteiger partial charge in [0.05, 0.1) is 16.8 Å². The first-order chi connectivity index (χ1) is 12.1. The molecular weight excluding hydrogens is 365 g/mol. The van der Waals surface area contributed by atoms with Crippen molar-refractivity contribution in [1.82, 2.24) is 9.78 Å². The Morgan fingerprint density at radius 1 is 0.769 bits per heavy atom. The zero-order chi connectivity index (χ0) is 19.1. The molecule has 3 aromatic rings. The van der Waals surface area contributed by atoms with Gasteiger partial charge in [0, 0.05) is 0 Å². The number of rotatable bonds is 2. The summed E-state index contributed by atoms with van der Waals surface area (Å²) in [5, 5.41) is 3.25. The highest BCUT2D eigenvalue weighted by molar-refractivity contribution is 5.68. The quantitative estimate of drug-likeness (QED) is 0.525. The van der Waals surface area contributed by atoms with Crippen molar-refractivity contribution in [2.45, 2.75) is 12.4 Å². The van der Waals surface area contributed by atoms with Gasteiger partial charge in [-0.3, -0.25) is 0 Å². The summed E-state index contributed by atoms with van der Waals surface area (Å²) in [5.41, 5.74) is -4.37. The smallest absolute Gasteiger partial charge is 0.206 e. The standard InChI is InChI=1S/C17H9F7N2/c18-15-13(10-5-4-6-11(9-10)16(19,20)21)14(17(22,23)24)25-26(15)12-7-2-1-3-8-12/h1-9H. The van der Waals surface area contributed by atoms with Crippen LogP contribution in [0.15, 0.2) is 54.6 Å². The average molecular weight is 374 g/mol. The van der Waals surface area contributed by atoms with Crippen molar-refractivity contribution in [3.05, 3.63) is 71.8 Å². The minimum atomic E-state index is -5.05. The summed E-state index contributed by atoms with van der Waals surface area (Å²) in [4.78, 5) is 0. The molecule has 1 heterocycles. The highest BCUT2D eigenvalue weighted by atomic mass is 19.4. The lowest BCUT2D eigenvalue weighted by Gasteiger charge is -2.10. The molecule has 9 heteroatoms. The number of alkyl halides is 6. The van der Waals surface area contributed by atoms with Gasteiger partial charge in [0.15, 0.2) is 5.69 Å². The molecule has 0 saturated heterocycles. The number of hydrogen-bond acceptors (Lipinski definition) is 1. The molecule has 0 fully saturated rings. The lowest BCUT2D eigenvalue weighted by Crippen LogP contribution is -2.09. The van der Waals surface area contributed by atoms with Gasteiger partial charge in [-0.2, -0.15) is 35.8 Å². The predicted molar refractivity (Wildman–Crippen MR) is 79.0 cm³/mol. The van der Waals surface area contributed by atoms with Crippen LogP contribution in [-0.2, 0) is 12.4 Å². The summed E-state index contributed by atoms with van der Waals surface area (Å²) in [6.45, 7) is 0. The Hall–Kier alpha value is -2.84. The molecule has 0 radical (unpaired) electrons. The topological polar surface area (TPSA) is 17.8 Å². The first-order valence-corrected chi connectivity index (χ1v) is 7.18. The summed E-state index contributed by atoms with van der Waals surface area (Å²) in [5.74, 6) is -1.40. The summed E-state index contributed by atoms with van der Waals surface area (Å²) in [6.07, 6.45) is -9.83. The van der Waals surface area contributed by atoms with Crippen LogP contribution in [0, 0.1) is 5.95 Å². The van der Waals surface area contributed by atoms with Gasteiger partial charge >= 0.3 is 12.4 Å². The van der Waals surface area contributed by atoms with Crippen molar-refractivity contribution < 1.29 is 30.7 Å². The van der Waals surface area contributed by atoms with Crippen molar-refractivity contribution in [2.75, 3.05) is 0 Å². The van der Waals surface area contributed by atoms with Gasteiger partial charge in [0.2, 0.25) is 5.95 Å². The Labute approximate surface area is 142 Å². The number of benzene rings is 2. The van der Waals surface area contributed by atoms with E-state index in [1.54, 1.807) is 6.07 Å². The third kappa shape index (κ3) is 3.29. The predicted octanol–water partition coefficient (Wildman–Crippen LogP) is 5.72. The highest BCUT2D eigenvalue weighted by Gasteiger charge is 2.41. The maximum Gasteiger partial charge on any atom is 0.435 e. The molecule has 0 atom stereocenters. The van der Waals surface area contributed by atoms with Crippen LogP contribution < -0.4 is 0 Å². The maximum absolute atomic E-state index is 14.7. The van der Waals surface area contributed by atoms with E-state index in [1.165, 1.54) is 24.3 Å². The Bertz CT molecular complexity index is 925. The molecule has 0 aliphatic carbocycles. The first-order valence-electron chi connectivity index (χ1n) is 7.18. The fourth-order valence-electron chi connectivity index (χ4n) is 2.44. The molecule has 1 aromatic heterocycles. The zero-order valence-electron chi connectivity index (χ0n) is 12.7. The van der Waals surface area contributed by atoms with Gasteiger partial charge in [0.1, 0.15) is 0 Å². The molecule has 0 spiro atoms. The van der Waals surface area contributed by atoms with Gasteiger partial charge in [-0.05, 0) is 29.8 Å². The van der Waals surface area contributed by atoms with Crippen LogP contribution >= 0.6 is 0 Å². The van der Waals surface area contributed by atoms with Crippen LogP contribution in [0.2, 0.25) is 0 Å². The molecule has 0 saturated carbocycles. The maximum atomic E-state index is 14.7. The molecule has 0 unspecified atom stereocenters. The lowest BCUT2D eigenvalue weighted by atomic mass is 10.0. The number of para-hydroxylation sites is 1. The number of hydrogen-bond donors (Lipinski definition) is 0.